The van der Waals surface area contributed by atoms with Crippen LogP contribution in [0.5, 0.6) is 0 Å². The highest BCUT2D eigenvalue weighted by molar-refractivity contribution is 5.80. The number of hydrogen-bond acceptors (Lipinski definition) is 3. The summed E-state index contributed by atoms with van der Waals surface area (Å²) in [4.78, 5) is 7.27. The summed E-state index contributed by atoms with van der Waals surface area (Å²) < 4.78 is 1.84. The van der Waals surface area contributed by atoms with Gasteiger partial charge in [-0.1, -0.05) is 6.92 Å². The van der Waals surface area contributed by atoms with E-state index in [1.807, 2.05) is 17.9 Å². The molecule has 0 aliphatic carbocycles. The molecule has 130 valence electrons. The smallest absolute Gasteiger partial charge is 0.191 e. The lowest BCUT2D eigenvalue weighted by Gasteiger charge is -2.32. The summed E-state index contributed by atoms with van der Waals surface area (Å²) in [7, 11) is 1.95. The highest BCUT2D eigenvalue weighted by Gasteiger charge is 2.19. The molecule has 2 heterocycles. The summed E-state index contributed by atoms with van der Waals surface area (Å²) >= 11 is 0. The summed E-state index contributed by atoms with van der Waals surface area (Å²) in [5, 5.41) is 11.2. The van der Waals surface area contributed by atoms with Crippen molar-refractivity contribution in [2.45, 2.75) is 45.6 Å². The molecule has 6 nitrogen and oxygen atoms in total. The Morgan fingerprint density at radius 1 is 1.35 bits per heavy atom. The number of nitrogens with zero attached hydrogens (tertiary/aromatic N) is 4. The monoisotopic (exact) mass is 320 g/mol. The van der Waals surface area contributed by atoms with Crippen LogP contribution >= 0.6 is 0 Å². The summed E-state index contributed by atoms with van der Waals surface area (Å²) in [6.45, 7) is 9.67. The zero-order valence-electron chi connectivity index (χ0n) is 14.9. The number of likely N-dealkylation sites (tertiary alicyclic amines) is 1. The summed E-state index contributed by atoms with van der Waals surface area (Å²) in [6.07, 6.45) is 8.55. The summed E-state index contributed by atoms with van der Waals surface area (Å²) in [5.74, 6) is 0.949. The van der Waals surface area contributed by atoms with Crippen molar-refractivity contribution in [2.24, 2.45) is 12.0 Å². The Morgan fingerprint density at radius 3 is 2.74 bits per heavy atom. The highest BCUT2D eigenvalue weighted by Crippen LogP contribution is 2.10. The van der Waals surface area contributed by atoms with E-state index in [1.165, 1.54) is 44.5 Å². The molecule has 0 amide bonds. The van der Waals surface area contributed by atoms with Crippen molar-refractivity contribution >= 4 is 5.96 Å². The molecule has 1 aliphatic rings. The molecular weight excluding hydrogens is 288 g/mol. The van der Waals surface area contributed by atoms with Crippen LogP contribution in [-0.4, -0.2) is 59.4 Å². The summed E-state index contributed by atoms with van der Waals surface area (Å²) in [6, 6.07) is 0.541. The van der Waals surface area contributed by atoms with Crippen molar-refractivity contribution in [3.63, 3.8) is 0 Å². The maximum Gasteiger partial charge on any atom is 0.191 e. The van der Waals surface area contributed by atoms with Crippen LogP contribution in [0, 0.1) is 0 Å². The first kappa shape index (κ1) is 17.8. The van der Waals surface area contributed by atoms with E-state index in [0.29, 0.717) is 6.04 Å². The van der Waals surface area contributed by atoms with Crippen LogP contribution in [-0.2, 0) is 13.5 Å². The van der Waals surface area contributed by atoms with Gasteiger partial charge in [0.25, 0.3) is 0 Å². The van der Waals surface area contributed by atoms with Crippen LogP contribution < -0.4 is 10.6 Å². The Bertz CT molecular complexity index is 473. The second-order valence-electron chi connectivity index (χ2n) is 6.29. The first-order valence-electron chi connectivity index (χ1n) is 8.96. The zero-order chi connectivity index (χ0) is 16.5. The van der Waals surface area contributed by atoms with Gasteiger partial charge in [0.15, 0.2) is 5.96 Å². The summed E-state index contributed by atoms with van der Waals surface area (Å²) in [5.41, 5.74) is 1.24. The number of rotatable bonds is 7. The molecule has 0 saturated carbocycles. The molecule has 2 N–H and O–H groups in total. The second-order valence-corrected chi connectivity index (χ2v) is 6.29. The topological polar surface area (TPSA) is 57.5 Å². The van der Waals surface area contributed by atoms with Crippen molar-refractivity contribution in [2.75, 3.05) is 32.7 Å². The number of piperidine rings is 1. The van der Waals surface area contributed by atoms with Gasteiger partial charge in [0.05, 0.1) is 6.20 Å². The van der Waals surface area contributed by atoms with Crippen molar-refractivity contribution in [1.82, 2.24) is 25.3 Å². The van der Waals surface area contributed by atoms with Gasteiger partial charge in [-0.25, -0.2) is 0 Å². The van der Waals surface area contributed by atoms with Gasteiger partial charge in [0.2, 0.25) is 0 Å². The Labute approximate surface area is 140 Å². The third-order valence-corrected chi connectivity index (χ3v) is 4.24. The predicted molar refractivity (Wildman–Crippen MR) is 95.8 cm³/mol. The molecule has 1 saturated heterocycles. The van der Waals surface area contributed by atoms with E-state index < -0.39 is 0 Å². The largest absolute Gasteiger partial charge is 0.357 e. The van der Waals surface area contributed by atoms with Crippen LogP contribution in [0.2, 0.25) is 0 Å². The van der Waals surface area contributed by atoms with Crippen molar-refractivity contribution in [3.05, 3.63) is 18.0 Å². The van der Waals surface area contributed by atoms with E-state index in [2.05, 4.69) is 40.7 Å². The molecule has 0 spiro atoms. The van der Waals surface area contributed by atoms with E-state index in [9.17, 15) is 0 Å². The first-order chi connectivity index (χ1) is 11.2. The first-order valence-corrected chi connectivity index (χ1v) is 8.96. The number of nitrogens with one attached hydrogen (secondary N) is 2. The highest BCUT2D eigenvalue weighted by atomic mass is 15.2. The Morgan fingerprint density at radius 2 is 2.13 bits per heavy atom. The maximum absolute atomic E-state index is 4.71. The zero-order valence-corrected chi connectivity index (χ0v) is 14.9. The normalized spacial score (nSPS) is 17.4. The molecule has 0 aromatic carbocycles. The number of guanidine groups is 1. The predicted octanol–water partition coefficient (Wildman–Crippen LogP) is 1.39. The number of hydrogen-bond donors (Lipinski definition) is 2. The lowest BCUT2D eigenvalue weighted by atomic mass is 10.1. The third-order valence-electron chi connectivity index (χ3n) is 4.24. The van der Waals surface area contributed by atoms with E-state index in [0.717, 1.165) is 25.5 Å². The third kappa shape index (κ3) is 6.22. The molecule has 0 atom stereocenters. The fourth-order valence-electron chi connectivity index (χ4n) is 3.03. The molecule has 23 heavy (non-hydrogen) atoms. The minimum atomic E-state index is 0.541. The molecule has 2 rings (SSSR count). The van der Waals surface area contributed by atoms with Crippen LogP contribution in [0.25, 0.3) is 0 Å². The van der Waals surface area contributed by atoms with Gasteiger partial charge in [-0.15, -0.1) is 0 Å². The van der Waals surface area contributed by atoms with Crippen molar-refractivity contribution in [1.29, 1.82) is 0 Å². The van der Waals surface area contributed by atoms with Gasteiger partial charge in [0, 0.05) is 45.5 Å². The van der Waals surface area contributed by atoms with Gasteiger partial charge in [-0.2, -0.15) is 5.10 Å². The molecule has 0 unspecified atom stereocenters. The Hall–Kier alpha value is -1.56. The van der Waals surface area contributed by atoms with Crippen LogP contribution in [0.4, 0.5) is 0 Å². The average Bonchev–Trinajstić information content (AvgIpc) is 2.95. The van der Waals surface area contributed by atoms with Crippen molar-refractivity contribution < 1.29 is 0 Å². The maximum atomic E-state index is 4.71. The van der Waals surface area contributed by atoms with E-state index in [-0.39, 0.29) is 0 Å². The minimum Gasteiger partial charge on any atom is -0.357 e. The number of aryl methyl sites for hydroxylation is 1. The molecule has 6 heteroatoms. The van der Waals surface area contributed by atoms with Gasteiger partial charge >= 0.3 is 0 Å². The minimum absolute atomic E-state index is 0.541. The lowest BCUT2D eigenvalue weighted by Crippen LogP contribution is -2.48. The van der Waals surface area contributed by atoms with Gasteiger partial charge < -0.3 is 15.5 Å². The lowest BCUT2D eigenvalue weighted by molar-refractivity contribution is 0.206. The molecule has 1 aromatic heterocycles. The number of aromatic nitrogens is 2. The SMILES string of the molecule is CCCN1CCC(NC(=NCCc2cnn(C)c2)NCC)CC1. The fourth-order valence-corrected chi connectivity index (χ4v) is 3.03. The number of aliphatic imine (C=N–C) groups is 1. The second kappa shape index (κ2) is 9.55. The molecule has 1 aromatic rings. The molecule has 1 aliphatic heterocycles. The standard InChI is InChI=1S/C17H32N6/c1-4-10-23-11-7-16(8-12-23)21-17(18-5-2)19-9-6-15-13-20-22(3)14-15/h13-14,16H,4-12H2,1-3H3,(H2,18,19,21). The molecule has 0 bridgehead atoms. The van der Waals surface area contributed by atoms with E-state index in [4.69, 9.17) is 4.99 Å². The fraction of sp³-hybridized carbons (Fsp3) is 0.765. The van der Waals surface area contributed by atoms with Gasteiger partial charge in [0.1, 0.15) is 0 Å². The average molecular weight is 320 g/mol. The van der Waals surface area contributed by atoms with Gasteiger partial charge in [-0.05, 0) is 44.7 Å². The van der Waals surface area contributed by atoms with Crippen molar-refractivity contribution in [3.8, 4) is 0 Å². The quantitative estimate of drug-likeness (QED) is 0.589. The van der Waals surface area contributed by atoms with Crippen LogP contribution in [0.3, 0.4) is 0 Å². The van der Waals surface area contributed by atoms with Crippen LogP contribution in [0.1, 0.15) is 38.7 Å². The molecular formula is C17H32N6. The van der Waals surface area contributed by atoms with E-state index >= 15 is 0 Å². The Balaban J connectivity index is 1.77. The molecule has 1 fully saturated rings. The Kier molecular flexibility index (Phi) is 7.39. The van der Waals surface area contributed by atoms with E-state index in [1.54, 1.807) is 0 Å². The van der Waals surface area contributed by atoms with Gasteiger partial charge in [-0.3, -0.25) is 9.67 Å². The van der Waals surface area contributed by atoms with Crippen LogP contribution in [0.15, 0.2) is 17.4 Å². The molecule has 0 radical (unpaired) electrons.